The molecule has 1 unspecified atom stereocenters. The maximum absolute atomic E-state index is 13.0. The van der Waals surface area contributed by atoms with Gasteiger partial charge in [0, 0.05) is 24.5 Å². The minimum atomic E-state index is -4.30. The number of fused-ring (bicyclic) bond motifs is 1. The molecule has 0 aliphatic heterocycles. The van der Waals surface area contributed by atoms with Crippen molar-refractivity contribution in [1.82, 2.24) is 14.5 Å². The van der Waals surface area contributed by atoms with Crippen molar-refractivity contribution in [1.29, 1.82) is 0 Å². The molecule has 4 aromatic rings. The van der Waals surface area contributed by atoms with Gasteiger partial charge in [0.05, 0.1) is 28.8 Å². The molecule has 2 aromatic carbocycles. The van der Waals surface area contributed by atoms with Crippen molar-refractivity contribution in [2.24, 2.45) is 7.05 Å². The average Bonchev–Trinajstić information content (AvgIpc) is 3.28. The van der Waals surface area contributed by atoms with E-state index < -0.39 is 18.2 Å². The van der Waals surface area contributed by atoms with Crippen LogP contribution in [0, 0.1) is 0 Å². The number of aromatic nitrogens is 3. The largest absolute Gasteiger partial charge is 0.389 e. The van der Waals surface area contributed by atoms with Crippen LogP contribution in [0.3, 0.4) is 0 Å². The molecule has 0 fully saturated rings. The van der Waals surface area contributed by atoms with Gasteiger partial charge in [0.15, 0.2) is 5.60 Å². The predicted octanol–water partition coefficient (Wildman–Crippen LogP) is 6.53. The number of imidazole rings is 1. The Hall–Kier alpha value is -2.90. The van der Waals surface area contributed by atoms with Crippen LogP contribution in [-0.4, -0.2) is 25.8 Å². The van der Waals surface area contributed by atoms with Gasteiger partial charge in [0.1, 0.15) is 0 Å². The number of aryl methyl sites for hydroxylation is 3. The van der Waals surface area contributed by atoms with Crippen LogP contribution < -0.4 is 0 Å². The Bertz CT molecular complexity index is 1350. The third-order valence-corrected chi connectivity index (χ3v) is 6.91. The first-order valence-corrected chi connectivity index (χ1v) is 11.9. The number of benzene rings is 2. The number of alkyl halides is 3. The summed E-state index contributed by atoms with van der Waals surface area (Å²) >= 11 is 6.71. The van der Waals surface area contributed by atoms with Gasteiger partial charge in [-0.1, -0.05) is 55.8 Å². The summed E-state index contributed by atoms with van der Waals surface area (Å²) in [6.45, 7) is 3.90. The molecule has 0 saturated heterocycles. The normalized spacial score (nSPS) is 13.8. The van der Waals surface area contributed by atoms with Crippen LogP contribution >= 0.6 is 11.6 Å². The fourth-order valence-corrected chi connectivity index (χ4v) is 4.85. The second kappa shape index (κ2) is 9.63. The van der Waals surface area contributed by atoms with E-state index in [1.165, 1.54) is 0 Å². The highest BCUT2D eigenvalue weighted by Gasteiger charge is 2.37. The SMILES string of the molecule is CCc1ccc(C(O)(c2ccc3nc(CC)c(CCC(F)(F)F)c(Cl)c3c2)c2cncn2C)cc1. The van der Waals surface area contributed by atoms with Crippen molar-refractivity contribution < 1.29 is 18.3 Å². The lowest BCUT2D eigenvalue weighted by Crippen LogP contribution is -2.31. The zero-order chi connectivity index (χ0) is 25.4. The fourth-order valence-electron chi connectivity index (χ4n) is 4.50. The maximum Gasteiger partial charge on any atom is 0.389 e. The number of halogens is 4. The number of hydrogen-bond donors (Lipinski definition) is 1. The monoisotopic (exact) mass is 501 g/mol. The Morgan fingerprint density at radius 1 is 1.00 bits per heavy atom. The first kappa shape index (κ1) is 25.2. The Morgan fingerprint density at radius 3 is 2.26 bits per heavy atom. The highest BCUT2D eigenvalue weighted by Crippen LogP contribution is 2.40. The summed E-state index contributed by atoms with van der Waals surface area (Å²) in [5.74, 6) is 0. The lowest BCUT2D eigenvalue weighted by molar-refractivity contribution is -0.134. The zero-order valence-electron chi connectivity index (χ0n) is 19.8. The van der Waals surface area contributed by atoms with Crippen LogP contribution in [0.15, 0.2) is 55.0 Å². The summed E-state index contributed by atoms with van der Waals surface area (Å²) in [4.78, 5) is 8.80. The van der Waals surface area contributed by atoms with Crippen LogP contribution in [0.1, 0.15) is 53.9 Å². The van der Waals surface area contributed by atoms with Crippen LogP contribution in [0.4, 0.5) is 13.2 Å². The van der Waals surface area contributed by atoms with E-state index in [9.17, 15) is 18.3 Å². The number of nitrogens with zero attached hydrogens (tertiary/aromatic N) is 3. The van der Waals surface area contributed by atoms with Gasteiger partial charge in [-0.25, -0.2) is 4.98 Å². The number of pyridine rings is 1. The summed E-state index contributed by atoms with van der Waals surface area (Å²) < 4.78 is 40.7. The molecule has 1 N–H and O–H groups in total. The Labute approximate surface area is 207 Å². The number of rotatable bonds is 7. The Kier molecular flexibility index (Phi) is 6.93. The molecule has 0 spiro atoms. The molecular weight excluding hydrogens is 475 g/mol. The minimum absolute atomic E-state index is 0.242. The summed E-state index contributed by atoms with van der Waals surface area (Å²) in [6.07, 6.45) is -0.977. The second-order valence-electron chi connectivity index (χ2n) is 8.70. The molecule has 0 aliphatic rings. The first-order valence-electron chi connectivity index (χ1n) is 11.5. The molecule has 2 aromatic heterocycles. The maximum atomic E-state index is 13.0. The molecule has 0 bridgehead atoms. The van der Waals surface area contributed by atoms with E-state index in [-0.39, 0.29) is 11.4 Å². The molecule has 2 heterocycles. The van der Waals surface area contributed by atoms with Crippen molar-refractivity contribution in [3.05, 3.63) is 93.7 Å². The van der Waals surface area contributed by atoms with E-state index in [2.05, 4.69) is 16.9 Å². The van der Waals surface area contributed by atoms with Crippen molar-refractivity contribution >= 4 is 22.5 Å². The third-order valence-electron chi connectivity index (χ3n) is 6.48. The number of hydrogen-bond acceptors (Lipinski definition) is 3. The molecule has 4 rings (SSSR count). The molecular formula is C27H27ClF3N3O. The van der Waals surface area contributed by atoms with Crippen molar-refractivity contribution in [3.8, 4) is 0 Å². The van der Waals surface area contributed by atoms with E-state index >= 15 is 0 Å². The van der Waals surface area contributed by atoms with Crippen LogP contribution in [-0.2, 0) is 31.9 Å². The van der Waals surface area contributed by atoms with Crippen molar-refractivity contribution in [3.63, 3.8) is 0 Å². The van der Waals surface area contributed by atoms with E-state index in [0.717, 1.165) is 12.0 Å². The fraction of sp³-hybridized carbons (Fsp3) is 0.333. The highest BCUT2D eigenvalue weighted by molar-refractivity contribution is 6.36. The lowest BCUT2D eigenvalue weighted by Gasteiger charge is -2.30. The van der Waals surface area contributed by atoms with Gasteiger partial charge in [0.25, 0.3) is 0 Å². The second-order valence-corrected chi connectivity index (χ2v) is 9.08. The van der Waals surface area contributed by atoms with Crippen molar-refractivity contribution in [2.75, 3.05) is 0 Å². The molecule has 0 saturated carbocycles. The van der Waals surface area contributed by atoms with Gasteiger partial charge in [-0.3, -0.25) is 4.98 Å². The van der Waals surface area contributed by atoms with Gasteiger partial charge >= 0.3 is 6.18 Å². The molecule has 8 heteroatoms. The summed E-state index contributed by atoms with van der Waals surface area (Å²) in [5.41, 5.74) is 2.80. The molecule has 4 nitrogen and oxygen atoms in total. The smallest absolute Gasteiger partial charge is 0.374 e. The molecule has 35 heavy (non-hydrogen) atoms. The van der Waals surface area contributed by atoms with Crippen molar-refractivity contribution in [2.45, 2.75) is 51.3 Å². The highest BCUT2D eigenvalue weighted by atomic mass is 35.5. The summed E-state index contributed by atoms with van der Waals surface area (Å²) in [6, 6.07) is 13.0. The molecule has 1 atom stereocenters. The van der Waals surface area contributed by atoms with Gasteiger partial charge < -0.3 is 9.67 Å². The van der Waals surface area contributed by atoms with Gasteiger partial charge in [-0.05, 0) is 53.6 Å². The Balaban J connectivity index is 1.92. The Morgan fingerprint density at radius 2 is 1.69 bits per heavy atom. The summed E-state index contributed by atoms with van der Waals surface area (Å²) in [7, 11) is 1.80. The summed E-state index contributed by atoms with van der Waals surface area (Å²) in [5, 5.41) is 13.0. The van der Waals surface area contributed by atoms with E-state index in [4.69, 9.17) is 11.6 Å². The minimum Gasteiger partial charge on any atom is -0.374 e. The van der Waals surface area contributed by atoms with Crippen LogP contribution in [0.25, 0.3) is 10.9 Å². The third kappa shape index (κ3) is 4.80. The number of aliphatic hydroxyl groups is 1. The van der Waals surface area contributed by atoms with E-state index in [0.29, 0.717) is 45.4 Å². The zero-order valence-corrected chi connectivity index (χ0v) is 20.6. The van der Waals surface area contributed by atoms with Crippen LogP contribution in [0.2, 0.25) is 5.02 Å². The van der Waals surface area contributed by atoms with E-state index in [1.807, 2.05) is 31.2 Å². The first-order chi connectivity index (χ1) is 16.6. The molecule has 0 radical (unpaired) electrons. The molecule has 0 amide bonds. The molecule has 0 aliphatic carbocycles. The quantitative estimate of drug-likeness (QED) is 0.313. The van der Waals surface area contributed by atoms with Gasteiger partial charge in [-0.15, -0.1) is 0 Å². The van der Waals surface area contributed by atoms with Gasteiger partial charge in [-0.2, -0.15) is 13.2 Å². The van der Waals surface area contributed by atoms with Crippen LogP contribution in [0.5, 0.6) is 0 Å². The average molecular weight is 502 g/mol. The predicted molar refractivity (Wildman–Crippen MR) is 132 cm³/mol. The molecule has 184 valence electrons. The standard InChI is InChI=1S/C27H27ClF3N3O/c1-4-17-6-8-18(9-7-17)27(35,24-15-32-16-34(24)3)19-10-11-23-21(14-19)25(28)20(22(5-2)33-23)12-13-26(29,30)31/h6-11,14-16,35H,4-5,12-13H2,1-3H3. The van der Waals surface area contributed by atoms with Gasteiger partial charge in [0.2, 0.25) is 0 Å². The van der Waals surface area contributed by atoms with E-state index in [1.54, 1.807) is 42.3 Å². The topological polar surface area (TPSA) is 50.9 Å². The lowest BCUT2D eigenvalue weighted by atomic mass is 9.82.